The van der Waals surface area contributed by atoms with E-state index >= 15 is 0 Å². The smallest absolute Gasteiger partial charge is 0.134 e. The molecule has 0 aliphatic rings. The number of hydrogen-bond acceptors (Lipinski definition) is 2. The molecule has 0 atom stereocenters. The predicted octanol–water partition coefficient (Wildman–Crippen LogP) is 3.04. The van der Waals surface area contributed by atoms with E-state index in [-0.39, 0.29) is 16.9 Å². The fraction of sp³-hybridized carbons (Fsp3) is 0.0833. The molecule has 2 aromatic rings. The molecule has 0 aliphatic heterocycles. The summed E-state index contributed by atoms with van der Waals surface area (Å²) in [6.07, 6.45) is 2.50. The maximum Gasteiger partial charge on any atom is 0.134 e. The second kappa shape index (κ2) is 3.89. The molecule has 0 amide bonds. The number of nitrogens with zero attached hydrogens (tertiary/aromatic N) is 1. The van der Waals surface area contributed by atoms with Gasteiger partial charge in [-0.3, -0.25) is 4.98 Å². The Balaban J connectivity index is 2.64. The molecule has 0 bridgehead atoms. The van der Waals surface area contributed by atoms with Gasteiger partial charge in [-0.1, -0.05) is 0 Å². The third kappa shape index (κ3) is 1.86. The highest BCUT2D eigenvalue weighted by molar-refractivity contribution is 5.65. The predicted molar refractivity (Wildman–Crippen MR) is 56.0 cm³/mol. The first-order valence-corrected chi connectivity index (χ1v) is 4.68. The zero-order valence-electron chi connectivity index (χ0n) is 8.54. The fourth-order valence-electron chi connectivity index (χ4n) is 1.54. The van der Waals surface area contributed by atoms with E-state index in [1.165, 1.54) is 30.6 Å². The lowest BCUT2D eigenvalue weighted by Gasteiger charge is -2.06. The van der Waals surface area contributed by atoms with Gasteiger partial charge in [-0.25, -0.2) is 8.78 Å². The van der Waals surface area contributed by atoms with Crippen LogP contribution in [0.15, 0.2) is 30.6 Å². The third-order valence-corrected chi connectivity index (χ3v) is 2.20. The van der Waals surface area contributed by atoms with E-state index in [2.05, 4.69) is 4.98 Å². The molecule has 4 heteroatoms. The van der Waals surface area contributed by atoms with Crippen molar-refractivity contribution < 1.29 is 13.9 Å². The van der Waals surface area contributed by atoms with Crippen LogP contribution in [0.2, 0.25) is 0 Å². The van der Waals surface area contributed by atoms with Gasteiger partial charge in [0.15, 0.2) is 0 Å². The van der Waals surface area contributed by atoms with Crippen LogP contribution in [0.25, 0.3) is 11.1 Å². The van der Waals surface area contributed by atoms with Crippen LogP contribution in [0, 0.1) is 18.6 Å². The summed E-state index contributed by atoms with van der Waals surface area (Å²) < 4.78 is 27.2. The lowest BCUT2D eigenvalue weighted by atomic mass is 10.0. The van der Waals surface area contributed by atoms with Crippen molar-refractivity contribution in [1.82, 2.24) is 4.98 Å². The Morgan fingerprint density at radius 3 is 2.25 bits per heavy atom. The van der Waals surface area contributed by atoms with Crippen molar-refractivity contribution in [2.45, 2.75) is 6.92 Å². The minimum absolute atomic E-state index is 0.128. The quantitative estimate of drug-likeness (QED) is 0.802. The number of hydrogen-bond donors (Lipinski definition) is 1. The molecule has 1 heterocycles. The minimum atomic E-state index is -0.662. The lowest BCUT2D eigenvalue weighted by Crippen LogP contribution is -1.92. The molecule has 0 radical (unpaired) electrons. The summed E-state index contributed by atoms with van der Waals surface area (Å²) in [7, 11) is 0. The molecular formula is C12H9F2NO. The number of rotatable bonds is 1. The highest BCUT2D eigenvalue weighted by Gasteiger charge is 2.12. The van der Waals surface area contributed by atoms with Crippen LogP contribution in [0.5, 0.6) is 5.75 Å². The standard InChI is InChI=1S/C12H9F2NO/c1-7-2-10(13)12(11(14)3-7)8-4-9(16)6-15-5-8/h2-6,16H,1H3. The van der Waals surface area contributed by atoms with E-state index in [1.54, 1.807) is 6.92 Å². The van der Waals surface area contributed by atoms with Crippen LogP contribution in [0.3, 0.4) is 0 Å². The van der Waals surface area contributed by atoms with Crippen LogP contribution in [-0.4, -0.2) is 10.1 Å². The molecule has 1 aromatic heterocycles. The molecule has 16 heavy (non-hydrogen) atoms. The number of pyridine rings is 1. The van der Waals surface area contributed by atoms with Crippen molar-refractivity contribution in [1.29, 1.82) is 0 Å². The van der Waals surface area contributed by atoms with Gasteiger partial charge in [0.25, 0.3) is 0 Å². The number of aryl methyl sites for hydroxylation is 1. The van der Waals surface area contributed by atoms with Gasteiger partial charge in [-0.2, -0.15) is 0 Å². The maximum absolute atomic E-state index is 13.6. The molecule has 82 valence electrons. The second-order valence-corrected chi connectivity index (χ2v) is 3.54. The monoisotopic (exact) mass is 221 g/mol. The summed E-state index contributed by atoms with van der Waals surface area (Å²) in [4.78, 5) is 3.68. The number of aromatic hydroxyl groups is 1. The number of aromatic nitrogens is 1. The van der Waals surface area contributed by atoms with Gasteiger partial charge in [-0.05, 0) is 30.7 Å². The lowest BCUT2D eigenvalue weighted by molar-refractivity contribution is 0.473. The average Bonchev–Trinajstić information content (AvgIpc) is 2.15. The first-order chi connectivity index (χ1) is 7.58. The molecule has 1 N–H and O–H groups in total. The highest BCUT2D eigenvalue weighted by Crippen LogP contribution is 2.28. The van der Waals surface area contributed by atoms with Crippen LogP contribution >= 0.6 is 0 Å². The van der Waals surface area contributed by atoms with E-state index in [0.29, 0.717) is 5.56 Å². The second-order valence-electron chi connectivity index (χ2n) is 3.54. The zero-order valence-corrected chi connectivity index (χ0v) is 8.54. The molecule has 0 spiro atoms. The van der Waals surface area contributed by atoms with Crippen LogP contribution in [0.1, 0.15) is 5.56 Å². The minimum Gasteiger partial charge on any atom is -0.506 e. The summed E-state index contributed by atoms with van der Waals surface area (Å²) in [6, 6.07) is 3.74. The molecule has 2 rings (SSSR count). The fourth-order valence-corrected chi connectivity index (χ4v) is 1.54. The number of halogens is 2. The van der Waals surface area contributed by atoms with Gasteiger partial charge in [0.05, 0.1) is 11.8 Å². The Morgan fingerprint density at radius 1 is 1.06 bits per heavy atom. The van der Waals surface area contributed by atoms with E-state index in [4.69, 9.17) is 0 Å². The van der Waals surface area contributed by atoms with E-state index in [9.17, 15) is 13.9 Å². The Bertz CT molecular complexity index is 517. The van der Waals surface area contributed by atoms with Crippen molar-refractivity contribution in [2.24, 2.45) is 0 Å². The van der Waals surface area contributed by atoms with Crippen molar-refractivity contribution in [3.63, 3.8) is 0 Å². The Morgan fingerprint density at radius 2 is 1.69 bits per heavy atom. The van der Waals surface area contributed by atoms with Gasteiger partial charge >= 0.3 is 0 Å². The van der Waals surface area contributed by atoms with Crippen molar-refractivity contribution in [3.05, 3.63) is 47.8 Å². The number of benzene rings is 1. The topological polar surface area (TPSA) is 33.1 Å². The molecule has 2 nitrogen and oxygen atoms in total. The van der Waals surface area contributed by atoms with Gasteiger partial charge in [0.2, 0.25) is 0 Å². The SMILES string of the molecule is Cc1cc(F)c(-c2cncc(O)c2)c(F)c1. The van der Waals surface area contributed by atoms with Gasteiger partial charge in [-0.15, -0.1) is 0 Å². The molecule has 0 unspecified atom stereocenters. The summed E-state index contributed by atoms with van der Waals surface area (Å²) in [5.41, 5.74) is 0.552. The molecular weight excluding hydrogens is 212 g/mol. The zero-order chi connectivity index (χ0) is 11.7. The van der Waals surface area contributed by atoms with Crippen LogP contribution in [-0.2, 0) is 0 Å². The highest BCUT2D eigenvalue weighted by atomic mass is 19.1. The van der Waals surface area contributed by atoms with Gasteiger partial charge in [0, 0.05) is 11.8 Å². The molecule has 0 saturated heterocycles. The van der Waals surface area contributed by atoms with Crippen molar-refractivity contribution >= 4 is 0 Å². The summed E-state index contributed by atoms with van der Waals surface area (Å²) in [6.45, 7) is 1.61. The maximum atomic E-state index is 13.6. The van der Waals surface area contributed by atoms with E-state index in [0.717, 1.165) is 0 Å². The first-order valence-electron chi connectivity index (χ1n) is 4.68. The summed E-state index contributed by atoms with van der Waals surface area (Å²) in [5.74, 6) is -1.45. The summed E-state index contributed by atoms with van der Waals surface area (Å²) >= 11 is 0. The molecule has 0 aliphatic carbocycles. The summed E-state index contributed by atoms with van der Waals surface area (Å²) in [5, 5.41) is 9.20. The molecule has 1 aromatic carbocycles. The molecule has 0 saturated carbocycles. The Labute approximate surface area is 91.2 Å². The van der Waals surface area contributed by atoms with Crippen molar-refractivity contribution in [3.8, 4) is 16.9 Å². The molecule has 0 fully saturated rings. The van der Waals surface area contributed by atoms with Crippen molar-refractivity contribution in [2.75, 3.05) is 0 Å². The normalized spacial score (nSPS) is 10.4. The van der Waals surface area contributed by atoms with E-state index < -0.39 is 11.6 Å². The third-order valence-electron chi connectivity index (χ3n) is 2.20. The van der Waals surface area contributed by atoms with E-state index in [1.807, 2.05) is 0 Å². The largest absolute Gasteiger partial charge is 0.506 e. The Kier molecular flexibility index (Phi) is 2.56. The van der Waals surface area contributed by atoms with Gasteiger partial charge in [0.1, 0.15) is 17.4 Å². The average molecular weight is 221 g/mol. The van der Waals surface area contributed by atoms with Gasteiger partial charge < -0.3 is 5.11 Å². The van der Waals surface area contributed by atoms with Crippen LogP contribution in [0.4, 0.5) is 8.78 Å². The first kappa shape index (κ1) is 10.5. The van der Waals surface area contributed by atoms with Crippen LogP contribution < -0.4 is 0 Å². The Hall–Kier alpha value is -1.97.